The van der Waals surface area contributed by atoms with Crippen LogP contribution in [0.5, 0.6) is 0 Å². The van der Waals surface area contributed by atoms with E-state index >= 15 is 0 Å². The number of hydrogen-bond donors (Lipinski definition) is 2. The van der Waals surface area contributed by atoms with Crippen molar-refractivity contribution in [2.75, 3.05) is 0 Å². The van der Waals surface area contributed by atoms with Gasteiger partial charge in [0.05, 0.1) is 12.5 Å². The first kappa shape index (κ1) is 12.6. The number of aryl methyl sites for hydroxylation is 1. The van der Waals surface area contributed by atoms with Crippen LogP contribution >= 0.6 is 0 Å². The molecule has 2 unspecified atom stereocenters. The number of carbonyl (C=O) groups excluding carboxylic acids is 1. The summed E-state index contributed by atoms with van der Waals surface area (Å²) < 4.78 is 4.89. The first-order chi connectivity index (χ1) is 8.56. The molecule has 1 fully saturated rings. The highest BCUT2D eigenvalue weighted by atomic mass is 16.5. The Labute approximate surface area is 104 Å². The molecule has 2 rings (SSSR count). The predicted molar refractivity (Wildman–Crippen MR) is 61.6 cm³/mol. The molecule has 0 radical (unpaired) electrons. The van der Waals surface area contributed by atoms with E-state index in [0.717, 1.165) is 0 Å². The fourth-order valence-corrected chi connectivity index (χ4v) is 2.27. The molecule has 1 aromatic heterocycles. The van der Waals surface area contributed by atoms with Crippen molar-refractivity contribution >= 4 is 11.9 Å². The van der Waals surface area contributed by atoms with Gasteiger partial charge in [0, 0.05) is 12.0 Å². The second-order valence-corrected chi connectivity index (χ2v) is 4.69. The Hall–Kier alpha value is -1.85. The van der Waals surface area contributed by atoms with Crippen molar-refractivity contribution < 1.29 is 19.2 Å². The summed E-state index contributed by atoms with van der Waals surface area (Å²) in [5.74, 6) is -0.781. The van der Waals surface area contributed by atoms with Crippen LogP contribution in [-0.2, 0) is 16.1 Å². The van der Waals surface area contributed by atoms with Crippen LogP contribution in [0.2, 0.25) is 0 Å². The van der Waals surface area contributed by atoms with E-state index in [1.807, 2.05) is 0 Å². The lowest BCUT2D eigenvalue weighted by molar-refractivity contribution is -0.141. The zero-order valence-electron chi connectivity index (χ0n) is 10.2. The van der Waals surface area contributed by atoms with E-state index < -0.39 is 5.97 Å². The summed E-state index contributed by atoms with van der Waals surface area (Å²) in [6, 6.07) is 1.76. The third-order valence-electron chi connectivity index (χ3n) is 3.27. The van der Waals surface area contributed by atoms with Crippen LogP contribution in [-0.4, -0.2) is 22.1 Å². The summed E-state index contributed by atoms with van der Waals surface area (Å²) in [7, 11) is 0. The highest BCUT2D eigenvalue weighted by Crippen LogP contribution is 2.31. The molecule has 0 bridgehead atoms. The molecule has 1 saturated carbocycles. The maximum Gasteiger partial charge on any atom is 0.306 e. The molecule has 98 valence electrons. The summed E-state index contributed by atoms with van der Waals surface area (Å²) in [5, 5.41) is 15.4. The highest BCUT2D eigenvalue weighted by molar-refractivity contribution is 5.80. The molecule has 2 atom stereocenters. The highest BCUT2D eigenvalue weighted by Gasteiger charge is 2.33. The first-order valence-electron chi connectivity index (χ1n) is 5.99. The van der Waals surface area contributed by atoms with E-state index in [1.165, 1.54) is 0 Å². The third-order valence-corrected chi connectivity index (χ3v) is 3.27. The van der Waals surface area contributed by atoms with Gasteiger partial charge in [-0.1, -0.05) is 5.16 Å². The van der Waals surface area contributed by atoms with E-state index in [9.17, 15) is 9.59 Å². The molecule has 0 aliphatic heterocycles. The molecule has 0 aromatic carbocycles. The lowest BCUT2D eigenvalue weighted by Crippen LogP contribution is -2.29. The van der Waals surface area contributed by atoms with E-state index in [4.69, 9.17) is 9.63 Å². The molecule has 6 nitrogen and oxygen atoms in total. The van der Waals surface area contributed by atoms with Gasteiger partial charge < -0.3 is 14.9 Å². The Kier molecular flexibility index (Phi) is 3.64. The summed E-state index contributed by atoms with van der Waals surface area (Å²) in [6.07, 6.45) is 1.65. The third kappa shape index (κ3) is 2.88. The molecule has 1 aromatic rings. The number of aliphatic carboxylic acids is 1. The van der Waals surface area contributed by atoms with Crippen LogP contribution in [0, 0.1) is 18.8 Å². The first-order valence-corrected chi connectivity index (χ1v) is 5.99. The molecule has 6 heteroatoms. The van der Waals surface area contributed by atoms with Crippen LogP contribution in [0.4, 0.5) is 0 Å². The van der Waals surface area contributed by atoms with E-state index in [2.05, 4.69) is 10.5 Å². The molecule has 18 heavy (non-hydrogen) atoms. The van der Waals surface area contributed by atoms with Crippen LogP contribution in [0.3, 0.4) is 0 Å². The standard InChI is InChI=1S/C12H16N2O4/c1-7-4-10(14-18-7)6-13-11(15)8-2-3-9(5-8)12(16)17/h4,8-9H,2-3,5-6H2,1H3,(H,13,15)(H,16,17). The minimum absolute atomic E-state index is 0.0978. The number of nitrogens with one attached hydrogen (secondary N) is 1. The fourth-order valence-electron chi connectivity index (χ4n) is 2.27. The predicted octanol–water partition coefficient (Wildman–Crippen LogP) is 1.10. The van der Waals surface area contributed by atoms with Gasteiger partial charge in [-0.15, -0.1) is 0 Å². The van der Waals surface area contributed by atoms with Gasteiger partial charge in [-0.2, -0.15) is 0 Å². The van der Waals surface area contributed by atoms with Crippen LogP contribution in [0.25, 0.3) is 0 Å². The van der Waals surface area contributed by atoms with Gasteiger partial charge >= 0.3 is 5.97 Å². The molecule has 2 N–H and O–H groups in total. The van der Waals surface area contributed by atoms with Gasteiger partial charge in [0.2, 0.25) is 5.91 Å². The van der Waals surface area contributed by atoms with E-state index in [0.29, 0.717) is 37.3 Å². The molecular formula is C12H16N2O4. The zero-order chi connectivity index (χ0) is 13.1. The summed E-state index contributed by atoms with van der Waals surface area (Å²) in [6.45, 7) is 2.11. The second-order valence-electron chi connectivity index (χ2n) is 4.69. The second kappa shape index (κ2) is 5.20. The molecule has 1 aliphatic carbocycles. The Morgan fingerprint density at radius 3 is 2.78 bits per heavy atom. The SMILES string of the molecule is Cc1cc(CNC(=O)C2CCC(C(=O)O)C2)no1. The number of carboxylic acids is 1. The molecule has 1 heterocycles. The maximum atomic E-state index is 11.8. The number of hydrogen-bond acceptors (Lipinski definition) is 4. The number of nitrogens with zero attached hydrogens (tertiary/aromatic N) is 1. The van der Waals surface area contributed by atoms with Crippen molar-refractivity contribution in [1.29, 1.82) is 0 Å². The number of carbonyl (C=O) groups is 2. The minimum atomic E-state index is -0.808. The van der Waals surface area contributed by atoms with Crippen molar-refractivity contribution in [1.82, 2.24) is 10.5 Å². The van der Waals surface area contributed by atoms with Crippen molar-refractivity contribution in [2.24, 2.45) is 11.8 Å². The van der Waals surface area contributed by atoms with Crippen LogP contribution < -0.4 is 5.32 Å². The number of aromatic nitrogens is 1. The van der Waals surface area contributed by atoms with Crippen molar-refractivity contribution in [2.45, 2.75) is 32.7 Å². The number of carboxylic acid groups (broad SMARTS) is 1. The smallest absolute Gasteiger partial charge is 0.306 e. The molecule has 0 spiro atoms. The summed E-state index contributed by atoms with van der Waals surface area (Å²) in [4.78, 5) is 22.6. The number of amides is 1. The van der Waals surface area contributed by atoms with Crippen molar-refractivity contribution in [3.8, 4) is 0 Å². The molecular weight excluding hydrogens is 236 g/mol. The fraction of sp³-hybridized carbons (Fsp3) is 0.583. The zero-order valence-corrected chi connectivity index (χ0v) is 10.2. The van der Waals surface area contributed by atoms with Gasteiger partial charge in [-0.05, 0) is 26.2 Å². The minimum Gasteiger partial charge on any atom is -0.481 e. The van der Waals surface area contributed by atoms with Crippen LogP contribution in [0.1, 0.15) is 30.7 Å². The van der Waals surface area contributed by atoms with Gasteiger partial charge in [-0.3, -0.25) is 9.59 Å². The lowest BCUT2D eigenvalue weighted by Gasteiger charge is -2.09. The van der Waals surface area contributed by atoms with Gasteiger partial charge in [0.15, 0.2) is 0 Å². The normalized spacial score (nSPS) is 22.9. The average molecular weight is 252 g/mol. The van der Waals surface area contributed by atoms with E-state index in [1.54, 1.807) is 13.0 Å². The van der Waals surface area contributed by atoms with Gasteiger partial charge in [-0.25, -0.2) is 0 Å². The quantitative estimate of drug-likeness (QED) is 0.837. The van der Waals surface area contributed by atoms with E-state index in [-0.39, 0.29) is 17.7 Å². The average Bonchev–Trinajstić information content (AvgIpc) is 2.94. The Balaban J connectivity index is 1.80. The van der Waals surface area contributed by atoms with Gasteiger partial charge in [0.25, 0.3) is 0 Å². The molecule has 1 amide bonds. The summed E-state index contributed by atoms with van der Waals surface area (Å²) in [5.41, 5.74) is 0.675. The molecule has 1 aliphatic rings. The summed E-state index contributed by atoms with van der Waals surface area (Å²) >= 11 is 0. The Bertz CT molecular complexity index is 455. The largest absolute Gasteiger partial charge is 0.481 e. The maximum absolute atomic E-state index is 11.8. The van der Waals surface area contributed by atoms with Crippen LogP contribution in [0.15, 0.2) is 10.6 Å². The van der Waals surface area contributed by atoms with Crippen molar-refractivity contribution in [3.05, 3.63) is 17.5 Å². The number of rotatable bonds is 4. The van der Waals surface area contributed by atoms with Gasteiger partial charge in [0.1, 0.15) is 11.5 Å². The monoisotopic (exact) mass is 252 g/mol. The topological polar surface area (TPSA) is 92.4 Å². The van der Waals surface area contributed by atoms with Crippen molar-refractivity contribution in [3.63, 3.8) is 0 Å². The lowest BCUT2D eigenvalue weighted by atomic mass is 10.0. The Morgan fingerprint density at radius 1 is 1.50 bits per heavy atom. The Morgan fingerprint density at radius 2 is 2.22 bits per heavy atom. The molecule has 0 saturated heterocycles.